The third-order valence-electron chi connectivity index (χ3n) is 2.83. The predicted molar refractivity (Wildman–Crippen MR) is 84.4 cm³/mol. The van der Waals surface area contributed by atoms with Gasteiger partial charge in [-0.25, -0.2) is 9.78 Å². The van der Waals surface area contributed by atoms with Gasteiger partial charge in [0, 0.05) is 18.0 Å². The second kappa shape index (κ2) is 7.04. The first-order valence-corrected chi connectivity index (χ1v) is 7.22. The largest absolute Gasteiger partial charge is 0.474 e. The number of halogens is 1. The molecule has 0 unspecified atom stereocenters. The fourth-order valence-corrected chi connectivity index (χ4v) is 2.12. The second-order valence-corrected chi connectivity index (χ2v) is 4.73. The lowest BCUT2D eigenvalue weighted by atomic mass is 10.1. The number of benzene rings is 1. The molecular weight excluding hydrogens is 304 g/mol. The average Bonchev–Trinajstić information content (AvgIpc) is 2.98. The molecule has 6 heteroatoms. The Labute approximate surface area is 132 Å². The van der Waals surface area contributed by atoms with Gasteiger partial charge in [-0.15, -0.1) is 0 Å². The van der Waals surface area contributed by atoms with E-state index in [9.17, 15) is 4.79 Å². The van der Waals surface area contributed by atoms with E-state index < -0.39 is 5.97 Å². The molecule has 114 valence electrons. The van der Waals surface area contributed by atoms with Crippen molar-refractivity contribution in [3.63, 3.8) is 0 Å². The van der Waals surface area contributed by atoms with E-state index in [1.807, 2.05) is 38.1 Å². The quantitative estimate of drug-likeness (QED) is 0.783. The van der Waals surface area contributed by atoms with Crippen LogP contribution in [0.1, 0.15) is 35.9 Å². The molecule has 0 aliphatic rings. The number of pyridine rings is 1. The zero-order valence-electron chi connectivity index (χ0n) is 12.2. The highest BCUT2D eigenvalue weighted by Crippen LogP contribution is 2.20. The van der Waals surface area contributed by atoms with Crippen molar-refractivity contribution in [1.82, 2.24) is 9.97 Å². The van der Waals surface area contributed by atoms with Crippen LogP contribution in [-0.2, 0) is 6.42 Å². The number of aromatic carboxylic acids is 1. The fourth-order valence-electron chi connectivity index (χ4n) is 1.95. The average molecular weight is 319 g/mol. The van der Waals surface area contributed by atoms with Crippen molar-refractivity contribution in [3.8, 4) is 0 Å². The van der Waals surface area contributed by atoms with Gasteiger partial charge in [0.2, 0.25) is 0 Å². The Morgan fingerprint density at radius 1 is 1.23 bits per heavy atom. The van der Waals surface area contributed by atoms with Crippen LogP contribution in [0.15, 0.2) is 41.1 Å². The number of aromatic nitrogens is 2. The van der Waals surface area contributed by atoms with Gasteiger partial charge in [-0.3, -0.25) is 4.98 Å². The van der Waals surface area contributed by atoms with Gasteiger partial charge in [-0.1, -0.05) is 31.5 Å². The monoisotopic (exact) mass is 318 g/mol. The van der Waals surface area contributed by atoms with E-state index >= 15 is 0 Å². The number of rotatable bonds is 3. The van der Waals surface area contributed by atoms with Crippen molar-refractivity contribution in [3.05, 3.63) is 58.9 Å². The van der Waals surface area contributed by atoms with E-state index in [0.717, 1.165) is 16.5 Å². The molecule has 0 aliphatic heterocycles. The molecular formula is C16H15ClN2O3. The number of carboxylic acids is 1. The Hall–Kier alpha value is -2.40. The lowest BCUT2D eigenvalue weighted by molar-refractivity contribution is 0.0652. The molecule has 0 spiro atoms. The molecule has 3 rings (SSSR count). The van der Waals surface area contributed by atoms with Crippen LogP contribution in [0, 0.1) is 0 Å². The number of fused-ring (bicyclic) bond motifs is 1. The van der Waals surface area contributed by atoms with Gasteiger partial charge in [-0.2, -0.15) is 0 Å². The molecule has 1 aromatic carbocycles. The van der Waals surface area contributed by atoms with Crippen LogP contribution in [0.3, 0.4) is 0 Å². The van der Waals surface area contributed by atoms with Gasteiger partial charge in [-0.05, 0) is 23.8 Å². The summed E-state index contributed by atoms with van der Waals surface area (Å²) in [4.78, 5) is 18.6. The van der Waals surface area contributed by atoms with E-state index in [2.05, 4.69) is 9.97 Å². The summed E-state index contributed by atoms with van der Waals surface area (Å²) in [6.07, 6.45) is 3.48. The number of hydrogen-bond donors (Lipinski definition) is 1. The summed E-state index contributed by atoms with van der Waals surface area (Å²) < 4.78 is 5.13. The molecule has 0 fully saturated rings. The van der Waals surface area contributed by atoms with Crippen LogP contribution in [0.5, 0.6) is 0 Å². The van der Waals surface area contributed by atoms with Gasteiger partial charge in [0.15, 0.2) is 0 Å². The van der Waals surface area contributed by atoms with E-state index in [1.54, 1.807) is 6.20 Å². The maximum atomic E-state index is 10.7. The Bertz CT molecular complexity index is 799. The zero-order valence-corrected chi connectivity index (χ0v) is 13.0. The van der Waals surface area contributed by atoms with Gasteiger partial charge >= 0.3 is 11.9 Å². The first-order chi connectivity index (χ1) is 10.6. The number of oxazole rings is 1. The van der Waals surface area contributed by atoms with E-state index in [0.29, 0.717) is 17.2 Å². The lowest BCUT2D eigenvalue weighted by Crippen LogP contribution is -1.94. The maximum Gasteiger partial charge on any atom is 0.392 e. The van der Waals surface area contributed by atoms with Crippen molar-refractivity contribution in [2.75, 3.05) is 0 Å². The van der Waals surface area contributed by atoms with E-state index in [1.165, 1.54) is 6.20 Å². The summed E-state index contributed by atoms with van der Waals surface area (Å²) >= 11 is 5.91. The summed E-state index contributed by atoms with van der Waals surface area (Å²) in [7, 11) is 0. The third-order valence-corrected chi connectivity index (χ3v) is 3.03. The van der Waals surface area contributed by atoms with Crippen molar-refractivity contribution in [1.29, 1.82) is 0 Å². The fraction of sp³-hybridized carbons (Fsp3) is 0.188. The zero-order chi connectivity index (χ0) is 16.1. The first-order valence-electron chi connectivity index (χ1n) is 6.84. The van der Waals surface area contributed by atoms with Gasteiger partial charge < -0.3 is 9.52 Å². The molecule has 0 saturated heterocycles. The highest BCUT2D eigenvalue weighted by atomic mass is 35.5. The maximum absolute atomic E-state index is 10.7. The normalized spacial score (nSPS) is 10.1. The standard InChI is InChI=1S/C14H9ClN2O3.C2H6/c15-10-5-9-3-8(1-2-12(9)16-6-10)4-11-7-17-13(20-11)14(18)19;1-2/h1-3,5-7H,4H2,(H,18,19);1-2H3. The van der Waals surface area contributed by atoms with Gasteiger partial charge in [0.1, 0.15) is 5.76 Å². The highest BCUT2D eigenvalue weighted by Gasteiger charge is 2.11. The van der Waals surface area contributed by atoms with Crippen LogP contribution in [0.2, 0.25) is 5.02 Å². The Morgan fingerprint density at radius 3 is 2.68 bits per heavy atom. The molecule has 22 heavy (non-hydrogen) atoms. The minimum absolute atomic E-state index is 0.300. The molecule has 0 saturated carbocycles. The predicted octanol–water partition coefficient (Wildman–Crippen LogP) is 4.19. The summed E-state index contributed by atoms with van der Waals surface area (Å²) in [5.41, 5.74) is 1.82. The van der Waals surface area contributed by atoms with E-state index in [-0.39, 0.29) is 5.89 Å². The van der Waals surface area contributed by atoms with Crippen molar-refractivity contribution in [2.24, 2.45) is 0 Å². The molecule has 1 N–H and O–H groups in total. The molecule has 0 atom stereocenters. The summed E-state index contributed by atoms with van der Waals surface area (Å²) in [6, 6.07) is 7.56. The molecule has 0 bridgehead atoms. The molecule has 0 amide bonds. The van der Waals surface area contributed by atoms with Crippen LogP contribution in [0.25, 0.3) is 10.9 Å². The van der Waals surface area contributed by atoms with Gasteiger partial charge in [0.25, 0.3) is 0 Å². The molecule has 5 nitrogen and oxygen atoms in total. The number of carboxylic acid groups (broad SMARTS) is 1. The van der Waals surface area contributed by atoms with Crippen LogP contribution >= 0.6 is 11.6 Å². The van der Waals surface area contributed by atoms with Crippen LogP contribution in [-0.4, -0.2) is 21.0 Å². The molecule has 0 radical (unpaired) electrons. The third kappa shape index (κ3) is 3.62. The van der Waals surface area contributed by atoms with Crippen LogP contribution < -0.4 is 0 Å². The summed E-state index contributed by atoms with van der Waals surface area (Å²) in [6.45, 7) is 4.00. The Kier molecular flexibility index (Phi) is 5.12. The Morgan fingerprint density at radius 2 is 2.00 bits per heavy atom. The minimum Gasteiger partial charge on any atom is -0.474 e. The molecule has 2 heterocycles. The topological polar surface area (TPSA) is 76.2 Å². The summed E-state index contributed by atoms with van der Waals surface area (Å²) in [5.74, 6) is -0.979. The van der Waals surface area contributed by atoms with Crippen molar-refractivity contribution < 1.29 is 14.3 Å². The number of nitrogens with zero attached hydrogens (tertiary/aromatic N) is 2. The first kappa shape index (κ1) is 16.0. The number of carbonyl (C=O) groups is 1. The lowest BCUT2D eigenvalue weighted by Gasteiger charge is -2.02. The smallest absolute Gasteiger partial charge is 0.392 e. The van der Waals surface area contributed by atoms with Crippen molar-refractivity contribution in [2.45, 2.75) is 20.3 Å². The van der Waals surface area contributed by atoms with E-state index in [4.69, 9.17) is 21.1 Å². The van der Waals surface area contributed by atoms with Crippen LogP contribution in [0.4, 0.5) is 0 Å². The second-order valence-electron chi connectivity index (χ2n) is 4.29. The SMILES string of the molecule is CC.O=C(O)c1ncc(Cc2ccc3ncc(Cl)cc3c2)o1. The minimum atomic E-state index is -1.18. The van der Waals surface area contributed by atoms with Gasteiger partial charge in [0.05, 0.1) is 16.7 Å². The Balaban J connectivity index is 0.000000847. The molecule has 3 aromatic rings. The highest BCUT2D eigenvalue weighted by molar-refractivity contribution is 6.31. The summed E-state index contributed by atoms with van der Waals surface area (Å²) in [5, 5.41) is 10.3. The van der Waals surface area contributed by atoms with Crippen molar-refractivity contribution >= 4 is 28.5 Å². The molecule has 0 aliphatic carbocycles. The number of hydrogen-bond acceptors (Lipinski definition) is 4. The molecule has 2 aromatic heterocycles.